The van der Waals surface area contributed by atoms with Gasteiger partial charge in [-0.2, -0.15) is 0 Å². The Hall–Kier alpha value is -2.88. The van der Waals surface area contributed by atoms with Crippen LogP contribution in [0.2, 0.25) is 0 Å². The van der Waals surface area contributed by atoms with Gasteiger partial charge in [-0.15, -0.1) is 0 Å². The molecule has 1 aliphatic rings. The van der Waals surface area contributed by atoms with Crippen LogP contribution in [0.1, 0.15) is 21.5 Å². The summed E-state index contributed by atoms with van der Waals surface area (Å²) in [6.45, 7) is 0. The molecule has 0 saturated carbocycles. The van der Waals surface area contributed by atoms with Gasteiger partial charge in [0.2, 0.25) is 0 Å². The number of fused-ring (bicyclic) bond motifs is 1. The van der Waals surface area contributed by atoms with E-state index in [4.69, 9.17) is 0 Å². The van der Waals surface area contributed by atoms with Crippen LogP contribution in [0.3, 0.4) is 0 Å². The van der Waals surface area contributed by atoms with E-state index in [0.29, 0.717) is 22.3 Å². The molecule has 20 heavy (non-hydrogen) atoms. The summed E-state index contributed by atoms with van der Waals surface area (Å²) in [7, 11) is 0. The topological polar surface area (TPSA) is 66.4 Å². The molecule has 4 heteroatoms. The average molecular weight is 265 g/mol. The maximum absolute atomic E-state index is 12.0. The van der Waals surface area contributed by atoms with Gasteiger partial charge < -0.3 is 5.11 Å². The largest absolute Gasteiger partial charge is 0.508 e. The summed E-state index contributed by atoms with van der Waals surface area (Å²) in [5.74, 6) is -0.698. The van der Waals surface area contributed by atoms with E-state index in [1.807, 2.05) is 0 Å². The molecule has 0 bridgehead atoms. The number of phenolic OH excluding ortho intramolecular Hbond substituents is 1. The van der Waals surface area contributed by atoms with E-state index in [-0.39, 0.29) is 5.75 Å². The van der Waals surface area contributed by atoms with Crippen molar-refractivity contribution in [3.63, 3.8) is 0 Å². The number of amides is 2. The van der Waals surface area contributed by atoms with Crippen molar-refractivity contribution < 1.29 is 14.7 Å². The van der Waals surface area contributed by atoms with Gasteiger partial charge in [0.25, 0.3) is 11.8 Å². The fourth-order valence-electron chi connectivity index (χ4n) is 2.20. The maximum atomic E-state index is 12.0. The molecule has 0 atom stereocenters. The molecule has 0 aromatic heterocycles. The SMILES string of the molecule is O=C1NC(=O)c2ccccc2/C1=C\c1cccc(O)c1. The Morgan fingerprint density at radius 3 is 2.40 bits per heavy atom. The van der Waals surface area contributed by atoms with Crippen molar-refractivity contribution in [2.75, 3.05) is 0 Å². The number of carbonyl (C=O) groups excluding carboxylic acids is 2. The molecule has 0 aliphatic carbocycles. The molecule has 2 amide bonds. The molecular weight excluding hydrogens is 254 g/mol. The highest BCUT2D eigenvalue weighted by Gasteiger charge is 2.26. The predicted octanol–water partition coefficient (Wildman–Crippen LogP) is 2.20. The number of carbonyl (C=O) groups is 2. The lowest BCUT2D eigenvalue weighted by Crippen LogP contribution is -2.36. The van der Waals surface area contributed by atoms with Gasteiger partial charge in [-0.05, 0) is 35.4 Å². The van der Waals surface area contributed by atoms with E-state index in [9.17, 15) is 14.7 Å². The quantitative estimate of drug-likeness (QED) is 0.613. The number of aromatic hydroxyl groups is 1. The lowest BCUT2D eigenvalue weighted by molar-refractivity contribution is -0.114. The van der Waals surface area contributed by atoms with Gasteiger partial charge >= 0.3 is 0 Å². The summed E-state index contributed by atoms with van der Waals surface area (Å²) < 4.78 is 0. The zero-order chi connectivity index (χ0) is 14.1. The lowest BCUT2D eigenvalue weighted by atomic mass is 9.93. The van der Waals surface area contributed by atoms with Crippen molar-refractivity contribution in [3.8, 4) is 5.75 Å². The van der Waals surface area contributed by atoms with Gasteiger partial charge in [-0.25, -0.2) is 0 Å². The molecule has 2 aromatic carbocycles. The smallest absolute Gasteiger partial charge is 0.258 e. The predicted molar refractivity (Wildman–Crippen MR) is 74.9 cm³/mol. The Morgan fingerprint density at radius 1 is 0.900 bits per heavy atom. The zero-order valence-corrected chi connectivity index (χ0v) is 10.5. The minimum atomic E-state index is -0.433. The highest BCUT2D eigenvalue weighted by Crippen LogP contribution is 2.26. The molecule has 0 fully saturated rings. The third-order valence-corrected chi connectivity index (χ3v) is 3.11. The first-order valence-corrected chi connectivity index (χ1v) is 6.11. The fourth-order valence-corrected chi connectivity index (χ4v) is 2.20. The summed E-state index contributed by atoms with van der Waals surface area (Å²) in [6, 6.07) is 13.5. The minimum Gasteiger partial charge on any atom is -0.508 e. The molecule has 1 aliphatic heterocycles. The van der Waals surface area contributed by atoms with E-state index in [1.54, 1.807) is 54.6 Å². The van der Waals surface area contributed by atoms with E-state index in [1.165, 1.54) is 0 Å². The van der Waals surface area contributed by atoms with Crippen molar-refractivity contribution >= 4 is 23.5 Å². The van der Waals surface area contributed by atoms with Crippen molar-refractivity contribution in [3.05, 3.63) is 65.2 Å². The van der Waals surface area contributed by atoms with E-state index in [2.05, 4.69) is 5.32 Å². The first-order valence-electron chi connectivity index (χ1n) is 6.11. The third-order valence-electron chi connectivity index (χ3n) is 3.11. The maximum Gasteiger partial charge on any atom is 0.258 e. The minimum absolute atomic E-state index is 0.125. The van der Waals surface area contributed by atoms with Gasteiger partial charge in [-0.1, -0.05) is 30.3 Å². The van der Waals surface area contributed by atoms with Gasteiger partial charge in [0, 0.05) is 11.1 Å². The molecule has 0 saturated heterocycles. The second kappa shape index (κ2) is 4.66. The normalized spacial score (nSPS) is 15.9. The molecule has 2 N–H and O–H groups in total. The summed E-state index contributed by atoms with van der Waals surface area (Å²) in [5, 5.41) is 11.8. The van der Waals surface area contributed by atoms with Crippen LogP contribution in [-0.2, 0) is 4.79 Å². The Labute approximate surface area is 115 Å². The van der Waals surface area contributed by atoms with Crippen molar-refractivity contribution in [2.45, 2.75) is 0 Å². The van der Waals surface area contributed by atoms with Crippen LogP contribution in [0.15, 0.2) is 48.5 Å². The van der Waals surface area contributed by atoms with E-state index < -0.39 is 11.8 Å². The second-order valence-electron chi connectivity index (χ2n) is 4.48. The van der Waals surface area contributed by atoms with Crippen molar-refractivity contribution in [1.82, 2.24) is 5.32 Å². The molecular formula is C16H11NO3. The highest BCUT2D eigenvalue weighted by atomic mass is 16.3. The summed E-state index contributed by atoms with van der Waals surface area (Å²) >= 11 is 0. The van der Waals surface area contributed by atoms with Gasteiger partial charge in [0.1, 0.15) is 5.75 Å². The molecule has 4 nitrogen and oxygen atoms in total. The first-order chi connectivity index (χ1) is 9.65. The molecule has 0 radical (unpaired) electrons. The number of imide groups is 1. The Kier molecular flexibility index (Phi) is 2.84. The van der Waals surface area contributed by atoms with Crippen LogP contribution in [0, 0.1) is 0 Å². The van der Waals surface area contributed by atoms with E-state index >= 15 is 0 Å². The molecule has 1 heterocycles. The number of rotatable bonds is 1. The summed E-state index contributed by atoms with van der Waals surface area (Å²) in [4.78, 5) is 23.7. The Balaban J connectivity index is 2.16. The lowest BCUT2D eigenvalue weighted by Gasteiger charge is -2.18. The Bertz CT molecular complexity index is 747. The van der Waals surface area contributed by atoms with Crippen LogP contribution < -0.4 is 5.32 Å². The summed E-state index contributed by atoms with van der Waals surface area (Å²) in [5.41, 5.74) is 2.17. The van der Waals surface area contributed by atoms with Crippen LogP contribution in [0.5, 0.6) is 5.75 Å². The summed E-state index contributed by atoms with van der Waals surface area (Å²) in [6.07, 6.45) is 1.65. The van der Waals surface area contributed by atoms with Crippen LogP contribution in [-0.4, -0.2) is 16.9 Å². The Morgan fingerprint density at radius 2 is 1.65 bits per heavy atom. The van der Waals surface area contributed by atoms with Crippen molar-refractivity contribution in [2.24, 2.45) is 0 Å². The third kappa shape index (κ3) is 2.07. The number of hydrogen-bond donors (Lipinski definition) is 2. The fraction of sp³-hybridized carbons (Fsp3) is 0. The molecule has 98 valence electrons. The molecule has 0 spiro atoms. The number of benzene rings is 2. The van der Waals surface area contributed by atoms with Crippen LogP contribution in [0.4, 0.5) is 0 Å². The van der Waals surface area contributed by atoms with E-state index in [0.717, 1.165) is 0 Å². The van der Waals surface area contributed by atoms with Crippen LogP contribution in [0.25, 0.3) is 11.6 Å². The molecule has 3 rings (SSSR count). The zero-order valence-electron chi connectivity index (χ0n) is 10.5. The van der Waals surface area contributed by atoms with Crippen LogP contribution >= 0.6 is 0 Å². The number of nitrogens with one attached hydrogen (secondary N) is 1. The molecule has 2 aromatic rings. The average Bonchev–Trinajstić information content (AvgIpc) is 2.43. The molecule has 0 unspecified atom stereocenters. The van der Waals surface area contributed by atoms with Gasteiger partial charge in [0.15, 0.2) is 0 Å². The second-order valence-corrected chi connectivity index (χ2v) is 4.48. The van der Waals surface area contributed by atoms with Gasteiger partial charge in [-0.3, -0.25) is 14.9 Å². The monoisotopic (exact) mass is 265 g/mol. The highest BCUT2D eigenvalue weighted by molar-refractivity contribution is 6.33. The van der Waals surface area contributed by atoms with Gasteiger partial charge in [0.05, 0.1) is 0 Å². The first kappa shape index (κ1) is 12.2. The standard InChI is InChI=1S/C16H11NO3/c18-11-5-3-4-10(8-11)9-14-12-6-1-2-7-13(12)15(19)17-16(14)20/h1-9,18H,(H,17,19,20)/b14-9+. The number of hydrogen-bond acceptors (Lipinski definition) is 3. The number of phenols is 1. The van der Waals surface area contributed by atoms with Crippen molar-refractivity contribution in [1.29, 1.82) is 0 Å².